The van der Waals surface area contributed by atoms with Gasteiger partial charge in [-0.15, -0.1) is 10.2 Å². The van der Waals surface area contributed by atoms with Gasteiger partial charge in [0.1, 0.15) is 24.3 Å². The molecule has 1 aliphatic rings. The maximum absolute atomic E-state index is 13.3. The van der Waals surface area contributed by atoms with Gasteiger partial charge in [0.05, 0.1) is 51.0 Å². The number of hydrogen-bond donors (Lipinski definition) is 4. The van der Waals surface area contributed by atoms with E-state index >= 15 is 0 Å². The van der Waals surface area contributed by atoms with Crippen molar-refractivity contribution in [2.24, 2.45) is 11.7 Å². The highest BCUT2D eigenvalue weighted by Gasteiger charge is 2.42. The lowest BCUT2D eigenvalue weighted by Gasteiger charge is -2.27. The van der Waals surface area contributed by atoms with Gasteiger partial charge >= 0.3 is 0 Å². The third-order valence-electron chi connectivity index (χ3n) is 7.90. The fourth-order valence-corrected chi connectivity index (χ4v) is 5.49. The van der Waals surface area contributed by atoms with E-state index in [9.17, 15) is 19.8 Å². The lowest BCUT2D eigenvalue weighted by atomic mass is 9.91. The second kappa shape index (κ2) is 15.7. The van der Waals surface area contributed by atoms with Crippen LogP contribution in [-0.4, -0.2) is 104 Å². The number of para-hydroxylation sites is 1. The van der Waals surface area contributed by atoms with Crippen molar-refractivity contribution >= 4 is 17.6 Å². The van der Waals surface area contributed by atoms with Crippen LogP contribution in [-0.2, 0) is 25.6 Å². The highest BCUT2D eigenvalue weighted by molar-refractivity contribution is 5.90. The number of ether oxygens (including phenoxy) is 3. The summed E-state index contributed by atoms with van der Waals surface area (Å²) in [4.78, 5) is 26.5. The van der Waals surface area contributed by atoms with Crippen LogP contribution in [0.2, 0.25) is 0 Å². The number of aliphatic hydroxyl groups is 1. The van der Waals surface area contributed by atoms with Crippen molar-refractivity contribution < 1.29 is 38.5 Å². The minimum absolute atomic E-state index is 0.0296. The number of aliphatic hydroxyl groups excluding tert-OH is 1. The van der Waals surface area contributed by atoms with E-state index in [0.717, 1.165) is 5.56 Å². The number of carbonyl (C=O) groups is 2. The number of primary amides is 1. The van der Waals surface area contributed by atoms with Crippen molar-refractivity contribution in [2.75, 3.05) is 45.3 Å². The number of likely N-dealkylation sites (tertiary alicyclic amines) is 1. The molecule has 0 unspecified atom stereocenters. The first kappa shape index (κ1) is 34.3. The van der Waals surface area contributed by atoms with E-state index < -0.39 is 24.0 Å². The van der Waals surface area contributed by atoms with Crippen LogP contribution >= 0.6 is 0 Å². The third kappa shape index (κ3) is 8.26. The Morgan fingerprint density at radius 3 is 2.56 bits per heavy atom. The summed E-state index contributed by atoms with van der Waals surface area (Å²) in [6, 6.07) is 9.33. The number of amides is 2. The van der Waals surface area contributed by atoms with Crippen LogP contribution in [0.1, 0.15) is 31.9 Å². The number of β-amino-alcohol motifs (C(OH)–C–C–N with tert-alkyl or cyclic N) is 1. The first-order valence-corrected chi connectivity index (χ1v) is 15.6. The minimum atomic E-state index is -0.867. The van der Waals surface area contributed by atoms with E-state index in [0.29, 0.717) is 48.9 Å². The lowest BCUT2D eigenvalue weighted by Crippen LogP contribution is -2.46. The zero-order valence-corrected chi connectivity index (χ0v) is 26.8. The molecule has 4 aromatic rings. The molecule has 0 bridgehead atoms. The number of nitrogens with zero attached hydrogens (tertiary/aromatic N) is 6. The van der Waals surface area contributed by atoms with Crippen LogP contribution in [0, 0.1) is 5.92 Å². The van der Waals surface area contributed by atoms with Gasteiger partial charge in [-0.1, -0.05) is 26.0 Å². The molecule has 0 radical (unpaired) electrons. The van der Waals surface area contributed by atoms with Crippen LogP contribution in [0.4, 0.5) is 5.82 Å². The average Bonchev–Trinajstić information content (AvgIpc) is 3.81. The molecule has 0 aliphatic carbocycles. The molecule has 48 heavy (non-hydrogen) atoms. The highest BCUT2D eigenvalue weighted by atomic mass is 16.6. The predicted molar refractivity (Wildman–Crippen MR) is 171 cm³/mol. The summed E-state index contributed by atoms with van der Waals surface area (Å²) in [5.74, 6) is -1.07. The normalized spacial score (nSPS) is 16.8. The Kier molecular flexibility index (Phi) is 11.2. The zero-order chi connectivity index (χ0) is 34.2. The van der Waals surface area contributed by atoms with Crippen LogP contribution < -0.4 is 16.2 Å². The number of benzene rings is 1. The van der Waals surface area contributed by atoms with Gasteiger partial charge in [0.15, 0.2) is 11.6 Å². The standard InChI is InChI=1S/C32H40N8O8/c1-19(2)29(32(44)40-18-21(41)13-25(40)31(34)43)27-15-28(38-48-27)47-12-11-46-10-9-45-8-7-39-17-20(16-35-39)23-14-24(36-37-30(23)33)22-5-3-4-6-26(22)42/h3-6,14-17,19,21,25,29,41-42H,7-13,18H2,1-2H3,(H2,33,37)(H2,34,43)/t21-,25+,29+/m1/s1. The number of phenols is 1. The van der Waals surface area contributed by atoms with E-state index in [2.05, 4.69) is 20.5 Å². The van der Waals surface area contributed by atoms with Crippen LogP contribution in [0.15, 0.2) is 53.3 Å². The fourth-order valence-electron chi connectivity index (χ4n) is 5.49. The van der Waals surface area contributed by atoms with Crippen molar-refractivity contribution in [1.82, 2.24) is 30.0 Å². The fraction of sp³-hybridized carbons (Fsp3) is 0.438. The maximum atomic E-state index is 13.3. The largest absolute Gasteiger partial charge is 0.507 e. The Morgan fingerprint density at radius 2 is 1.81 bits per heavy atom. The lowest BCUT2D eigenvalue weighted by molar-refractivity contribution is -0.139. The summed E-state index contributed by atoms with van der Waals surface area (Å²) in [7, 11) is 0. The molecule has 1 fully saturated rings. The van der Waals surface area contributed by atoms with E-state index in [4.69, 9.17) is 30.2 Å². The van der Waals surface area contributed by atoms with Gasteiger partial charge in [-0.2, -0.15) is 5.10 Å². The van der Waals surface area contributed by atoms with E-state index in [-0.39, 0.29) is 55.5 Å². The highest BCUT2D eigenvalue weighted by Crippen LogP contribution is 2.33. The number of anilines is 1. The second-order valence-corrected chi connectivity index (χ2v) is 11.7. The molecule has 3 aromatic heterocycles. The summed E-state index contributed by atoms with van der Waals surface area (Å²) >= 11 is 0. The quantitative estimate of drug-likeness (QED) is 0.125. The van der Waals surface area contributed by atoms with Gasteiger partial charge in [-0.3, -0.25) is 14.3 Å². The SMILES string of the molecule is CC(C)[C@H](C(=O)N1C[C@H](O)C[C@H]1C(N)=O)c1cc(OCCOCCOCCn2cc(-c3cc(-c4ccccc4O)nnc3N)cn2)no1. The smallest absolute Gasteiger partial charge is 0.254 e. The molecule has 1 aliphatic heterocycles. The van der Waals surface area contributed by atoms with Crippen LogP contribution in [0.3, 0.4) is 0 Å². The molecular weight excluding hydrogens is 624 g/mol. The van der Waals surface area contributed by atoms with Crippen molar-refractivity contribution in [1.29, 1.82) is 0 Å². The first-order valence-electron chi connectivity index (χ1n) is 15.6. The number of nitrogens with two attached hydrogens (primary N) is 2. The van der Waals surface area contributed by atoms with E-state index in [1.165, 1.54) is 4.90 Å². The van der Waals surface area contributed by atoms with E-state index in [1.54, 1.807) is 47.3 Å². The Balaban J connectivity index is 1.00. The van der Waals surface area contributed by atoms with Crippen LogP contribution in [0.25, 0.3) is 22.4 Å². The summed E-state index contributed by atoms with van der Waals surface area (Å²) in [6.45, 7) is 5.83. The second-order valence-electron chi connectivity index (χ2n) is 11.7. The molecule has 0 saturated carbocycles. The molecule has 4 heterocycles. The van der Waals surface area contributed by atoms with Gasteiger partial charge in [-0.25, -0.2) is 0 Å². The summed E-state index contributed by atoms with van der Waals surface area (Å²) in [5.41, 5.74) is 14.0. The number of aromatic nitrogens is 5. The number of phenolic OH excluding ortho intramolecular Hbond substituents is 1. The van der Waals surface area contributed by atoms with Gasteiger partial charge in [0.25, 0.3) is 5.88 Å². The maximum Gasteiger partial charge on any atom is 0.254 e. The number of carbonyl (C=O) groups excluding carboxylic acids is 2. The Hall–Kier alpha value is -5.06. The van der Waals surface area contributed by atoms with Crippen molar-refractivity contribution in [3.63, 3.8) is 0 Å². The molecular formula is C32H40N8O8. The Morgan fingerprint density at radius 1 is 1.06 bits per heavy atom. The predicted octanol–water partition coefficient (Wildman–Crippen LogP) is 1.58. The molecule has 16 nitrogen and oxygen atoms in total. The minimum Gasteiger partial charge on any atom is -0.507 e. The Bertz CT molecular complexity index is 1690. The van der Waals surface area contributed by atoms with E-state index in [1.807, 2.05) is 20.0 Å². The monoisotopic (exact) mass is 664 g/mol. The van der Waals surface area contributed by atoms with Crippen molar-refractivity contribution in [3.8, 4) is 34.0 Å². The molecule has 256 valence electrons. The summed E-state index contributed by atoms with van der Waals surface area (Å²) in [6.07, 6.45) is 2.81. The molecule has 1 saturated heterocycles. The summed E-state index contributed by atoms with van der Waals surface area (Å²) < 4.78 is 24.0. The van der Waals surface area contributed by atoms with Crippen molar-refractivity contribution in [2.45, 2.75) is 44.9 Å². The Labute approximate surface area is 276 Å². The molecule has 5 rings (SSSR count). The van der Waals surface area contributed by atoms with Gasteiger partial charge in [-0.05, 0) is 29.3 Å². The molecule has 6 N–H and O–H groups in total. The van der Waals surface area contributed by atoms with Gasteiger partial charge < -0.3 is 45.3 Å². The first-order chi connectivity index (χ1) is 23.1. The summed E-state index contributed by atoms with van der Waals surface area (Å²) in [5, 5.41) is 36.6. The topological polar surface area (TPSA) is 227 Å². The number of hydrogen-bond acceptors (Lipinski definition) is 13. The number of rotatable bonds is 16. The molecule has 0 spiro atoms. The number of aromatic hydroxyl groups is 1. The van der Waals surface area contributed by atoms with Gasteiger partial charge in [0, 0.05) is 41.9 Å². The zero-order valence-electron chi connectivity index (χ0n) is 26.8. The third-order valence-corrected chi connectivity index (χ3v) is 7.90. The molecule has 16 heteroatoms. The molecule has 2 amide bonds. The van der Waals surface area contributed by atoms with Gasteiger partial charge in [0.2, 0.25) is 11.8 Å². The van der Waals surface area contributed by atoms with Crippen LogP contribution in [0.5, 0.6) is 11.6 Å². The average molecular weight is 665 g/mol. The van der Waals surface area contributed by atoms with Crippen molar-refractivity contribution in [3.05, 3.63) is 54.6 Å². The number of nitrogen functional groups attached to an aromatic ring is 1. The molecule has 3 atom stereocenters. The molecule has 1 aromatic carbocycles.